The minimum atomic E-state index is -0.885. The Morgan fingerprint density at radius 3 is 2.46 bits per heavy atom. The number of hydrogen-bond donors (Lipinski definition) is 2. The number of amides is 1. The number of nitrogens with zero attached hydrogens (tertiary/aromatic N) is 1. The molecule has 1 amide bonds. The Morgan fingerprint density at radius 2 is 1.92 bits per heavy atom. The van der Waals surface area contributed by atoms with Crippen molar-refractivity contribution in [3.8, 4) is 11.5 Å². The molecule has 0 aliphatic carbocycles. The number of methoxy groups -OCH3 is 2. The summed E-state index contributed by atoms with van der Waals surface area (Å²) in [6.45, 7) is 3.91. The second-order valence-electron chi connectivity index (χ2n) is 5.64. The molecule has 0 saturated carbocycles. The van der Waals surface area contributed by atoms with E-state index in [1.54, 1.807) is 45.2 Å². The molecular formula is C17H26N2O5. The van der Waals surface area contributed by atoms with E-state index in [9.17, 15) is 9.59 Å². The molecule has 0 bridgehead atoms. The second-order valence-corrected chi connectivity index (χ2v) is 5.64. The van der Waals surface area contributed by atoms with Crippen molar-refractivity contribution in [1.29, 1.82) is 0 Å². The van der Waals surface area contributed by atoms with Gasteiger partial charge in [0.25, 0.3) is 0 Å². The van der Waals surface area contributed by atoms with Crippen LogP contribution in [-0.2, 0) is 9.59 Å². The van der Waals surface area contributed by atoms with Gasteiger partial charge in [-0.3, -0.25) is 14.5 Å². The molecule has 0 heterocycles. The lowest BCUT2D eigenvalue weighted by molar-refractivity contribution is -0.138. The van der Waals surface area contributed by atoms with Gasteiger partial charge in [0.2, 0.25) is 5.91 Å². The minimum Gasteiger partial charge on any atom is -0.497 e. The molecule has 134 valence electrons. The molecule has 0 aliphatic rings. The second kappa shape index (κ2) is 9.12. The Morgan fingerprint density at radius 1 is 1.25 bits per heavy atom. The Labute approximate surface area is 142 Å². The highest BCUT2D eigenvalue weighted by molar-refractivity contribution is 5.81. The lowest BCUT2D eigenvalue weighted by atomic mass is 10.1. The van der Waals surface area contributed by atoms with Gasteiger partial charge in [0.15, 0.2) is 0 Å². The fourth-order valence-corrected chi connectivity index (χ4v) is 2.26. The summed E-state index contributed by atoms with van der Waals surface area (Å²) in [5.74, 6) is 0.276. The summed E-state index contributed by atoms with van der Waals surface area (Å²) in [7, 11) is 4.88. The van der Waals surface area contributed by atoms with Crippen LogP contribution in [0.15, 0.2) is 18.2 Å². The third-order valence-corrected chi connectivity index (χ3v) is 3.98. The van der Waals surface area contributed by atoms with Crippen LogP contribution < -0.4 is 14.8 Å². The molecule has 1 rings (SSSR count). The van der Waals surface area contributed by atoms with E-state index in [-0.39, 0.29) is 18.4 Å². The minimum absolute atomic E-state index is 0.00657. The average molecular weight is 338 g/mol. The summed E-state index contributed by atoms with van der Waals surface area (Å²) >= 11 is 0. The first-order valence-electron chi connectivity index (χ1n) is 7.74. The smallest absolute Gasteiger partial charge is 0.304 e. The van der Waals surface area contributed by atoms with Crippen LogP contribution in [0, 0.1) is 0 Å². The topological polar surface area (TPSA) is 88.1 Å². The number of likely N-dealkylation sites (N-methyl/N-ethyl adjacent to an activating group) is 1. The molecule has 2 atom stereocenters. The van der Waals surface area contributed by atoms with Gasteiger partial charge >= 0.3 is 5.97 Å². The first kappa shape index (κ1) is 19.8. The zero-order chi connectivity index (χ0) is 18.3. The highest BCUT2D eigenvalue weighted by Gasteiger charge is 2.22. The molecule has 1 aromatic rings. The average Bonchev–Trinajstić information content (AvgIpc) is 2.57. The summed E-state index contributed by atoms with van der Waals surface area (Å²) in [5.41, 5.74) is 0.811. The molecule has 1 aromatic carbocycles. The zero-order valence-corrected chi connectivity index (χ0v) is 14.8. The monoisotopic (exact) mass is 338 g/mol. The number of aliphatic carboxylic acids is 1. The van der Waals surface area contributed by atoms with Crippen molar-refractivity contribution in [2.45, 2.75) is 32.4 Å². The van der Waals surface area contributed by atoms with Crippen LogP contribution >= 0.6 is 0 Å². The standard InChI is InChI=1S/C17H26N2O5/c1-11(14-10-13(23-4)6-7-15(14)24-5)18-17(22)12(2)19(3)9-8-16(20)21/h6-7,10-12H,8-9H2,1-5H3,(H,18,22)(H,20,21). The van der Waals surface area contributed by atoms with Crippen LogP contribution in [0.4, 0.5) is 0 Å². The number of nitrogens with one attached hydrogen (secondary N) is 1. The molecule has 2 N–H and O–H groups in total. The van der Waals surface area contributed by atoms with E-state index in [0.717, 1.165) is 5.56 Å². The molecule has 0 aliphatic heterocycles. The molecule has 0 saturated heterocycles. The number of carboxylic acid groups (broad SMARTS) is 1. The molecule has 7 nitrogen and oxygen atoms in total. The highest BCUT2D eigenvalue weighted by Crippen LogP contribution is 2.29. The molecule has 2 unspecified atom stereocenters. The maximum atomic E-state index is 12.4. The number of hydrogen-bond acceptors (Lipinski definition) is 5. The Kier molecular flexibility index (Phi) is 7.51. The SMILES string of the molecule is COc1ccc(OC)c(C(C)NC(=O)C(C)N(C)CCC(=O)O)c1. The van der Waals surface area contributed by atoms with E-state index in [4.69, 9.17) is 14.6 Å². The summed E-state index contributed by atoms with van der Waals surface area (Å²) in [4.78, 5) is 24.7. The zero-order valence-electron chi connectivity index (χ0n) is 14.8. The number of carbonyl (C=O) groups is 2. The van der Waals surface area contributed by atoms with Gasteiger partial charge in [0, 0.05) is 12.1 Å². The molecule has 0 fully saturated rings. The van der Waals surface area contributed by atoms with E-state index in [1.165, 1.54) is 0 Å². The number of carboxylic acids is 1. The van der Waals surface area contributed by atoms with Crippen molar-refractivity contribution < 1.29 is 24.2 Å². The lowest BCUT2D eigenvalue weighted by Crippen LogP contribution is -2.44. The van der Waals surface area contributed by atoms with E-state index < -0.39 is 12.0 Å². The maximum Gasteiger partial charge on any atom is 0.304 e. The summed E-state index contributed by atoms with van der Waals surface area (Å²) in [6.07, 6.45) is -0.00657. The molecule has 0 radical (unpaired) electrons. The Balaban J connectivity index is 2.77. The van der Waals surface area contributed by atoms with Crippen LogP contribution in [-0.4, -0.2) is 55.7 Å². The van der Waals surface area contributed by atoms with Gasteiger partial charge in [0.1, 0.15) is 11.5 Å². The lowest BCUT2D eigenvalue weighted by Gasteiger charge is -2.25. The molecular weight excluding hydrogens is 312 g/mol. The van der Waals surface area contributed by atoms with Crippen molar-refractivity contribution >= 4 is 11.9 Å². The molecule has 0 spiro atoms. The van der Waals surface area contributed by atoms with E-state index >= 15 is 0 Å². The van der Waals surface area contributed by atoms with E-state index in [1.807, 2.05) is 13.0 Å². The number of ether oxygens (including phenoxy) is 2. The van der Waals surface area contributed by atoms with Crippen molar-refractivity contribution in [2.75, 3.05) is 27.8 Å². The van der Waals surface area contributed by atoms with Gasteiger partial charge in [-0.15, -0.1) is 0 Å². The van der Waals surface area contributed by atoms with Crippen LogP contribution in [0.5, 0.6) is 11.5 Å². The normalized spacial score (nSPS) is 13.2. The van der Waals surface area contributed by atoms with Gasteiger partial charge in [-0.2, -0.15) is 0 Å². The van der Waals surface area contributed by atoms with Crippen molar-refractivity contribution in [3.63, 3.8) is 0 Å². The van der Waals surface area contributed by atoms with Gasteiger partial charge in [-0.1, -0.05) is 0 Å². The van der Waals surface area contributed by atoms with Crippen molar-refractivity contribution in [3.05, 3.63) is 23.8 Å². The number of rotatable bonds is 9. The third kappa shape index (κ3) is 5.42. The molecule has 0 aromatic heterocycles. The summed E-state index contributed by atoms with van der Waals surface area (Å²) in [5, 5.41) is 11.7. The molecule has 7 heteroatoms. The summed E-state index contributed by atoms with van der Waals surface area (Å²) < 4.78 is 10.6. The molecule has 24 heavy (non-hydrogen) atoms. The first-order valence-corrected chi connectivity index (χ1v) is 7.74. The number of carbonyl (C=O) groups excluding carboxylic acids is 1. The van der Waals surface area contributed by atoms with Gasteiger partial charge < -0.3 is 19.9 Å². The predicted octanol–water partition coefficient (Wildman–Crippen LogP) is 1.68. The summed E-state index contributed by atoms with van der Waals surface area (Å²) in [6, 6.07) is 4.68. The Hall–Kier alpha value is -2.28. The first-order chi connectivity index (χ1) is 11.3. The highest BCUT2D eigenvalue weighted by atomic mass is 16.5. The maximum absolute atomic E-state index is 12.4. The third-order valence-electron chi connectivity index (χ3n) is 3.98. The fourth-order valence-electron chi connectivity index (χ4n) is 2.26. The quantitative estimate of drug-likeness (QED) is 0.712. The van der Waals surface area contributed by atoms with Crippen molar-refractivity contribution in [1.82, 2.24) is 10.2 Å². The predicted molar refractivity (Wildman–Crippen MR) is 90.4 cm³/mol. The fraction of sp³-hybridized carbons (Fsp3) is 0.529. The van der Waals surface area contributed by atoms with Crippen LogP contribution in [0.2, 0.25) is 0 Å². The van der Waals surface area contributed by atoms with E-state index in [0.29, 0.717) is 18.0 Å². The van der Waals surface area contributed by atoms with Crippen molar-refractivity contribution in [2.24, 2.45) is 0 Å². The van der Waals surface area contributed by atoms with E-state index in [2.05, 4.69) is 5.32 Å². The van der Waals surface area contributed by atoms with Gasteiger partial charge in [-0.05, 0) is 39.1 Å². The van der Waals surface area contributed by atoms with Crippen LogP contribution in [0.1, 0.15) is 31.9 Å². The van der Waals surface area contributed by atoms with Gasteiger partial charge in [-0.25, -0.2) is 0 Å². The Bertz CT molecular complexity index is 576. The number of benzene rings is 1. The van der Waals surface area contributed by atoms with Gasteiger partial charge in [0.05, 0.1) is 32.7 Å². The van der Waals surface area contributed by atoms with Crippen LogP contribution in [0.3, 0.4) is 0 Å². The van der Waals surface area contributed by atoms with Crippen LogP contribution in [0.25, 0.3) is 0 Å². The largest absolute Gasteiger partial charge is 0.497 e.